The average Bonchev–Trinajstić information content (AvgIpc) is 2.62. The zero-order valence-electron chi connectivity index (χ0n) is 14.8. The quantitative estimate of drug-likeness (QED) is 0.833. The number of fused-ring (bicyclic) bond motifs is 1. The molecule has 0 amide bonds. The fourth-order valence-electron chi connectivity index (χ4n) is 4.03. The van der Waals surface area contributed by atoms with Crippen molar-refractivity contribution in [1.29, 1.82) is 0 Å². The summed E-state index contributed by atoms with van der Waals surface area (Å²) >= 11 is 0. The Kier molecular flexibility index (Phi) is 6.67. The van der Waals surface area contributed by atoms with Crippen molar-refractivity contribution in [3.05, 3.63) is 35.4 Å². The van der Waals surface area contributed by atoms with Gasteiger partial charge in [0.1, 0.15) is 0 Å². The third-order valence-corrected chi connectivity index (χ3v) is 5.38. The average molecular weight is 333 g/mol. The van der Waals surface area contributed by atoms with Crippen LogP contribution in [0.4, 0.5) is 0 Å². The number of nitrogens with zero attached hydrogens (tertiary/aromatic N) is 1. The summed E-state index contributed by atoms with van der Waals surface area (Å²) in [5.41, 5.74) is 2.72. The minimum atomic E-state index is -0.405. The highest BCUT2D eigenvalue weighted by molar-refractivity contribution is 5.31. The van der Waals surface area contributed by atoms with Crippen molar-refractivity contribution >= 4 is 0 Å². The fraction of sp³-hybridized carbons (Fsp3) is 0.700. The van der Waals surface area contributed by atoms with Crippen LogP contribution in [0.15, 0.2) is 24.3 Å². The van der Waals surface area contributed by atoms with Crippen LogP contribution in [0.5, 0.6) is 0 Å². The molecule has 2 aliphatic rings. The van der Waals surface area contributed by atoms with Crippen LogP contribution < -0.4 is 0 Å². The molecule has 1 saturated heterocycles. The van der Waals surface area contributed by atoms with Crippen LogP contribution in [0.1, 0.15) is 42.9 Å². The van der Waals surface area contributed by atoms with Gasteiger partial charge in [0.25, 0.3) is 0 Å². The fourth-order valence-corrected chi connectivity index (χ4v) is 4.03. The highest BCUT2D eigenvalue weighted by Crippen LogP contribution is 2.32. The highest BCUT2D eigenvalue weighted by atomic mass is 16.5. The Hall–Kier alpha value is -0.940. The van der Waals surface area contributed by atoms with E-state index in [1.807, 2.05) is 0 Å². The summed E-state index contributed by atoms with van der Waals surface area (Å²) in [5, 5.41) is 10.4. The molecule has 0 aromatic heterocycles. The predicted molar refractivity (Wildman–Crippen MR) is 95.1 cm³/mol. The number of aliphatic hydroxyl groups excluding tert-OH is 1. The van der Waals surface area contributed by atoms with E-state index in [4.69, 9.17) is 9.47 Å². The summed E-state index contributed by atoms with van der Waals surface area (Å²) in [6.07, 6.45) is 5.45. The van der Waals surface area contributed by atoms with Gasteiger partial charge in [-0.25, -0.2) is 0 Å². The third-order valence-electron chi connectivity index (χ3n) is 5.38. The van der Waals surface area contributed by atoms with Crippen LogP contribution in [-0.2, 0) is 15.9 Å². The first-order valence-corrected chi connectivity index (χ1v) is 9.35. The number of aryl methyl sites for hydroxylation is 1. The molecule has 0 spiro atoms. The van der Waals surface area contributed by atoms with E-state index in [-0.39, 0.29) is 6.10 Å². The molecule has 24 heavy (non-hydrogen) atoms. The van der Waals surface area contributed by atoms with Crippen molar-refractivity contribution in [3.63, 3.8) is 0 Å². The highest BCUT2D eigenvalue weighted by Gasteiger charge is 2.23. The van der Waals surface area contributed by atoms with E-state index in [0.29, 0.717) is 19.1 Å². The molecule has 1 aromatic carbocycles. The number of benzene rings is 1. The summed E-state index contributed by atoms with van der Waals surface area (Å²) in [7, 11) is 1.77. The van der Waals surface area contributed by atoms with E-state index >= 15 is 0 Å². The van der Waals surface area contributed by atoms with Crippen molar-refractivity contribution < 1.29 is 14.6 Å². The van der Waals surface area contributed by atoms with Gasteiger partial charge in [-0.1, -0.05) is 24.3 Å². The Morgan fingerprint density at radius 3 is 2.79 bits per heavy atom. The first kappa shape index (κ1) is 17.9. The number of hydrogen-bond acceptors (Lipinski definition) is 4. The third kappa shape index (κ3) is 4.79. The second kappa shape index (κ2) is 8.95. The molecule has 0 bridgehead atoms. The van der Waals surface area contributed by atoms with Crippen LogP contribution in [0.25, 0.3) is 0 Å². The van der Waals surface area contributed by atoms with Gasteiger partial charge in [0.2, 0.25) is 0 Å². The minimum Gasteiger partial charge on any atom is -0.389 e. The monoisotopic (exact) mass is 333 g/mol. The maximum atomic E-state index is 10.4. The maximum absolute atomic E-state index is 10.4. The number of rotatable bonds is 7. The smallest absolute Gasteiger partial charge is 0.0900 e. The van der Waals surface area contributed by atoms with Crippen LogP contribution in [0.2, 0.25) is 0 Å². The Morgan fingerprint density at radius 2 is 2.00 bits per heavy atom. The van der Waals surface area contributed by atoms with Crippen molar-refractivity contribution in [2.24, 2.45) is 5.92 Å². The number of ether oxygens (including phenoxy) is 2. The molecule has 1 N–H and O–H groups in total. The SMILES string of the molecule is COCC1CCN(CC(O)COC2CCCc3ccccc32)CC1. The second-order valence-corrected chi connectivity index (χ2v) is 7.27. The number of piperidine rings is 1. The molecule has 4 heteroatoms. The number of methoxy groups -OCH3 is 1. The summed E-state index contributed by atoms with van der Waals surface area (Å²) < 4.78 is 11.3. The topological polar surface area (TPSA) is 41.9 Å². The molecule has 1 aliphatic heterocycles. The first-order valence-electron chi connectivity index (χ1n) is 9.35. The molecule has 2 unspecified atom stereocenters. The van der Waals surface area contributed by atoms with Crippen LogP contribution >= 0.6 is 0 Å². The van der Waals surface area contributed by atoms with Crippen molar-refractivity contribution in [3.8, 4) is 0 Å². The van der Waals surface area contributed by atoms with Crippen molar-refractivity contribution in [2.75, 3.05) is 40.0 Å². The van der Waals surface area contributed by atoms with Gasteiger partial charge in [-0.15, -0.1) is 0 Å². The Bertz CT molecular complexity index is 499. The number of β-amino-alcohol motifs (C(OH)–C–C–N with tert-alkyl or cyclic N) is 1. The second-order valence-electron chi connectivity index (χ2n) is 7.27. The maximum Gasteiger partial charge on any atom is 0.0900 e. The predicted octanol–water partition coefficient (Wildman–Crippen LogP) is 2.80. The van der Waals surface area contributed by atoms with Crippen LogP contribution in [0, 0.1) is 5.92 Å². The Labute approximate surface area is 145 Å². The molecular formula is C20H31NO3. The molecule has 1 heterocycles. The minimum absolute atomic E-state index is 0.150. The lowest BCUT2D eigenvalue weighted by molar-refractivity contribution is -0.0320. The first-order chi connectivity index (χ1) is 11.8. The van der Waals surface area contributed by atoms with Gasteiger partial charge in [-0.3, -0.25) is 0 Å². The zero-order valence-corrected chi connectivity index (χ0v) is 14.8. The molecule has 134 valence electrons. The molecule has 1 aromatic rings. The van der Waals surface area contributed by atoms with Gasteiger partial charge < -0.3 is 19.5 Å². The largest absolute Gasteiger partial charge is 0.389 e. The van der Waals surface area contributed by atoms with Crippen molar-refractivity contribution in [2.45, 2.75) is 44.3 Å². The summed E-state index contributed by atoms with van der Waals surface area (Å²) in [6, 6.07) is 8.56. The molecule has 4 nitrogen and oxygen atoms in total. The molecule has 0 radical (unpaired) electrons. The molecule has 1 aliphatic carbocycles. The van der Waals surface area contributed by atoms with Gasteiger partial charge in [0.05, 0.1) is 18.8 Å². The van der Waals surface area contributed by atoms with Gasteiger partial charge in [-0.2, -0.15) is 0 Å². The molecule has 2 atom stereocenters. The summed E-state index contributed by atoms with van der Waals surface area (Å²) in [4.78, 5) is 2.36. The zero-order chi connectivity index (χ0) is 16.8. The standard InChI is InChI=1S/C20H31NO3/c1-23-14-16-9-11-21(12-10-16)13-18(22)15-24-20-8-4-6-17-5-2-3-7-19(17)20/h2-3,5,7,16,18,20,22H,4,6,8-15H2,1H3. The van der Waals surface area contributed by atoms with E-state index in [2.05, 4.69) is 29.2 Å². The van der Waals surface area contributed by atoms with E-state index in [1.54, 1.807) is 7.11 Å². The lowest BCUT2D eigenvalue weighted by Gasteiger charge is -2.33. The van der Waals surface area contributed by atoms with Crippen LogP contribution in [-0.4, -0.2) is 56.1 Å². The van der Waals surface area contributed by atoms with E-state index < -0.39 is 6.10 Å². The molecular weight excluding hydrogens is 302 g/mol. The van der Waals surface area contributed by atoms with Gasteiger partial charge in [0.15, 0.2) is 0 Å². The summed E-state index contributed by atoms with van der Waals surface area (Å²) in [5.74, 6) is 0.679. The van der Waals surface area contributed by atoms with Crippen LogP contribution in [0.3, 0.4) is 0 Å². The molecule has 0 saturated carbocycles. The Balaban J connectivity index is 1.41. The lowest BCUT2D eigenvalue weighted by Crippen LogP contribution is -2.41. The Morgan fingerprint density at radius 1 is 1.21 bits per heavy atom. The van der Waals surface area contributed by atoms with Gasteiger partial charge in [0, 0.05) is 20.3 Å². The lowest BCUT2D eigenvalue weighted by atomic mass is 9.89. The number of aliphatic hydroxyl groups is 1. The number of hydrogen-bond donors (Lipinski definition) is 1. The normalized spacial score (nSPS) is 23.8. The summed E-state index contributed by atoms with van der Waals surface area (Å²) in [6.45, 7) is 4.11. The van der Waals surface area contributed by atoms with Crippen molar-refractivity contribution in [1.82, 2.24) is 4.90 Å². The number of likely N-dealkylation sites (tertiary alicyclic amines) is 1. The van der Waals surface area contributed by atoms with E-state index in [1.165, 1.54) is 17.5 Å². The molecule has 3 rings (SSSR count). The van der Waals surface area contributed by atoms with Gasteiger partial charge in [-0.05, 0) is 62.2 Å². The molecule has 1 fully saturated rings. The van der Waals surface area contributed by atoms with E-state index in [0.717, 1.165) is 45.4 Å². The van der Waals surface area contributed by atoms with Gasteiger partial charge >= 0.3 is 0 Å². The van der Waals surface area contributed by atoms with E-state index in [9.17, 15) is 5.11 Å².